The SMILES string of the molecule is O=C([O-])CN=C(c1ccccc1)c1ccccc1N=C([O-])[C@@H]1CCCN1Cc1ccccc1. The average molecular weight is 440 g/mol. The van der Waals surface area contributed by atoms with Gasteiger partial charge in [-0.05, 0) is 36.9 Å². The van der Waals surface area contributed by atoms with Crippen molar-refractivity contribution in [2.45, 2.75) is 25.4 Å². The molecule has 0 spiro atoms. The lowest BCUT2D eigenvalue weighted by Gasteiger charge is -2.29. The summed E-state index contributed by atoms with van der Waals surface area (Å²) in [5.41, 5.74) is 3.49. The molecule has 1 fully saturated rings. The standard InChI is InChI=1S/C27H27N3O3/c31-25(32)18-28-26(21-12-5-2-6-13-21)22-14-7-8-15-23(22)29-27(33)24-16-9-17-30(24)19-20-10-3-1-4-11-20/h1-8,10-15,24H,9,16-19H2,(H,29,33)(H,31,32)/p-2/t24-/m0/s1. The van der Waals surface area contributed by atoms with Gasteiger partial charge in [0.05, 0.1) is 23.9 Å². The van der Waals surface area contributed by atoms with E-state index in [9.17, 15) is 15.0 Å². The summed E-state index contributed by atoms with van der Waals surface area (Å²) in [6, 6.07) is 26.3. The van der Waals surface area contributed by atoms with Crippen LogP contribution in [0.1, 0.15) is 29.5 Å². The van der Waals surface area contributed by atoms with Crippen molar-refractivity contribution in [2.75, 3.05) is 13.1 Å². The second-order valence-electron chi connectivity index (χ2n) is 7.98. The van der Waals surface area contributed by atoms with Crippen LogP contribution >= 0.6 is 0 Å². The molecule has 1 aliphatic heterocycles. The van der Waals surface area contributed by atoms with E-state index in [4.69, 9.17) is 0 Å². The molecule has 6 nitrogen and oxygen atoms in total. The Bertz CT molecular complexity index is 1140. The van der Waals surface area contributed by atoms with Gasteiger partial charge in [0.1, 0.15) is 0 Å². The Morgan fingerprint density at radius 1 is 0.909 bits per heavy atom. The number of hydrogen-bond acceptors (Lipinski definition) is 6. The van der Waals surface area contributed by atoms with Crippen LogP contribution in [-0.2, 0) is 11.3 Å². The topological polar surface area (TPSA) is 91.1 Å². The molecule has 0 unspecified atom stereocenters. The van der Waals surface area contributed by atoms with Crippen molar-refractivity contribution in [3.63, 3.8) is 0 Å². The van der Waals surface area contributed by atoms with Crippen LogP contribution in [0.2, 0.25) is 0 Å². The third-order valence-corrected chi connectivity index (χ3v) is 5.68. The molecule has 1 saturated heterocycles. The highest BCUT2D eigenvalue weighted by Gasteiger charge is 2.25. The van der Waals surface area contributed by atoms with Crippen LogP contribution in [0.4, 0.5) is 5.69 Å². The van der Waals surface area contributed by atoms with Gasteiger partial charge in [0.15, 0.2) is 0 Å². The average Bonchev–Trinajstić information content (AvgIpc) is 3.29. The number of carbonyl (C=O) groups is 1. The number of carbonyl (C=O) groups excluding carboxylic acids is 1. The van der Waals surface area contributed by atoms with E-state index in [1.54, 1.807) is 6.07 Å². The Hall–Kier alpha value is -3.77. The summed E-state index contributed by atoms with van der Waals surface area (Å²) in [6.07, 6.45) is 1.71. The lowest BCUT2D eigenvalue weighted by atomic mass is 10.0. The summed E-state index contributed by atoms with van der Waals surface area (Å²) < 4.78 is 0. The molecule has 0 radical (unpaired) electrons. The highest BCUT2D eigenvalue weighted by molar-refractivity contribution is 6.16. The number of aliphatic imine (C=N–C) groups is 2. The largest absolute Gasteiger partial charge is 0.861 e. The van der Waals surface area contributed by atoms with Crippen LogP contribution in [0.5, 0.6) is 0 Å². The van der Waals surface area contributed by atoms with Crippen molar-refractivity contribution in [3.05, 3.63) is 102 Å². The maximum atomic E-state index is 13.2. The van der Waals surface area contributed by atoms with Gasteiger partial charge in [-0.3, -0.25) is 14.9 Å². The van der Waals surface area contributed by atoms with Crippen molar-refractivity contribution in [3.8, 4) is 0 Å². The number of aliphatic carboxylic acids is 1. The Morgan fingerprint density at radius 3 is 2.30 bits per heavy atom. The minimum atomic E-state index is -1.27. The molecule has 1 aliphatic rings. The second-order valence-corrected chi connectivity index (χ2v) is 7.98. The van der Waals surface area contributed by atoms with E-state index in [0.717, 1.165) is 24.9 Å². The van der Waals surface area contributed by atoms with E-state index in [2.05, 4.69) is 27.0 Å². The van der Waals surface area contributed by atoms with Crippen molar-refractivity contribution < 1.29 is 15.0 Å². The third-order valence-electron chi connectivity index (χ3n) is 5.68. The van der Waals surface area contributed by atoms with Gasteiger partial charge in [-0.1, -0.05) is 78.9 Å². The van der Waals surface area contributed by atoms with Gasteiger partial charge in [0, 0.05) is 23.7 Å². The minimum absolute atomic E-state index is 0.191. The van der Waals surface area contributed by atoms with Gasteiger partial charge in [-0.2, -0.15) is 0 Å². The number of hydrogen-bond donors (Lipinski definition) is 0. The van der Waals surface area contributed by atoms with Crippen LogP contribution < -0.4 is 10.2 Å². The lowest BCUT2D eigenvalue weighted by molar-refractivity contribution is -0.303. The molecule has 1 atom stereocenters. The van der Waals surface area contributed by atoms with E-state index in [0.29, 0.717) is 23.5 Å². The van der Waals surface area contributed by atoms with E-state index in [1.807, 2.05) is 66.7 Å². The molecular formula is C27H25N3O3-2. The fraction of sp³-hybridized carbons (Fsp3) is 0.222. The zero-order valence-corrected chi connectivity index (χ0v) is 18.3. The molecule has 168 valence electrons. The van der Waals surface area contributed by atoms with Crippen LogP contribution in [0.3, 0.4) is 0 Å². The maximum absolute atomic E-state index is 13.2. The first kappa shape index (κ1) is 22.4. The zero-order chi connectivity index (χ0) is 23.0. The highest BCUT2D eigenvalue weighted by atomic mass is 16.4. The Kier molecular flexibility index (Phi) is 7.27. The number of likely N-dealkylation sites (tertiary alicyclic amines) is 1. The summed E-state index contributed by atoms with van der Waals surface area (Å²) in [6.45, 7) is 1.08. The van der Waals surface area contributed by atoms with Gasteiger partial charge in [-0.15, -0.1) is 0 Å². The predicted octanol–water partition coefficient (Wildman–Crippen LogP) is 2.33. The van der Waals surface area contributed by atoms with Crippen LogP contribution in [-0.4, -0.2) is 41.6 Å². The fourth-order valence-corrected chi connectivity index (χ4v) is 4.15. The van der Waals surface area contributed by atoms with E-state index < -0.39 is 12.5 Å². The molecule has 4 rings (SSSR count). The van der Waals surface area contributed by atoms with Crippen LogP contribution in [0.15, 0.2) is 94.9 Å². The molecule has 0 bridgehead atoms. The molecule has 3 aromatic carbocycles. The molecule has 0 aromatic heterocycles. The Morgan fingerprint density at radius 2 is 1.58 bits per heavy atom. The molecule has 6 heteroatoms. The molecule has 0 saturated carbocycles. The van der Waals surface area contributed by atoms with Gasteiger partial charge in [0.25, 0.3) is 0 Å². The van der Waals surface area contributed by atoms with Crippen molar-refractivity contribution in [1.82, 2.24) is 4.90 Å². The number of rotatable bonds is 8. The monoisotopic (exact) mass is 439 g/mol. The summed E-state index contributed by atoms with van der Waals surface area (Å²) in [5.74, 6) is -1.46. The molecule has 0 aliphatic carbocycles. The van der Waals surface area contributed by atoms with Gasteiger partial charge in [0.2, 0.25) is 0 Å². The van der Waals surface area contributed by atoms with E-state index in [1.165, 1.54) is 5.56 Å². The molecule has 0 N–H and O–H groups in total. The van der Waals surface area contributed by atoms with Crippen LogP contribution in [0, 0.1) is 0 Å². The Labute approximate surface area is 193 Å². The number of para-hydroxylation sites is 1. The molecule has 3 aromatic rings. The van der Waals surface area contributed by atoms with Gasteiger partial charge < -0.3 is 15.0 Å². The number of benzene rings is 3. The minimum Gasteiger partial charge on any atom is -0.861 e. The summed E-state index contributed by atoms with van der Waals surface area (Å²) >= 11 is 0. The van der Waals surface area contributed by atoms with Gasteiger partial charge >= 0.3 is 0 Å². The quantitative estimate of drug-likeness (QED) is 0.398. The summed E-state index contributed by atoms with van der Waals surface area (Å²) in [7, 11) is 0. The van der Waals surface area contributed by atoms with Crippen molar-refractivity contribution in [1.29, 1.82) is 0 Å². The second kappa shape index (κ2) is 10.7. The normalized spacial score (nSPS) is 17.3. The lowest BCUT2D eigenvalue weighted by Crippen LogP contribution is -2.42. The van der Waals surface area contributed by atoms with E-state index in [-0.39, 0.29) is 11.9 Å². The first-order valence-corrected chi connectivity index (χ1v) is 11.0. The van der Waals surface area contributed by atoms with Crippen molar-refractivity contribution >= 4 is 23.3 Å². The third kappa shape index (κ3) is 5.73. The van der Waals surface area contributed by atoms with Crippen molar-refractivity contribution in [2.24, 2.45) is 9.98 Å². The molecule has 1 heterocycles. The predicted molar refractivity (Wildman–Crippen MR) is 125 cm³/mol. The van der Waals surface area contributed by atoms with E-state index >= 15 is 0 Å². The van der Waals surface area contributed by atoms with Gasteiger partial charge in [-0.25, -0.2) is 0 Å². The molecule has 33 heavy (non-hydrogen) atoms. The number of nitrogens with zero attached hydrogens (tertiary/aromatic N) is 3. The summed E-state index contributed by atoms with van der Waals surface area (Å²) in [5, 5.41) is 24.3. The smallest absolute Gasteiger partial charge is 0.0792 e. The first-order chi connectivity index (χ1) is 16.1. The number of carboxylic acids is 1. The zero-order valence-electron chi connectivity index (χ0n) is 18.3. The summed E-state index contributed by atoms with van der Waals surface area (Å²) in [4.78, 5) is 22.0. The maximum Gasteiger partial charge on any atom is 0.0792 e. The highest BCUT2D eigenvalue weighted by Crippen LogP contribution is 2.26. The number of carboxylic acid groups (broad SMARTS) is 1. The first-order valence-electron chi connectivity index (χ1n) is 11.0. The Balaban J connectivity index is 1.65. The fourth-order valence-electron chi connectivity index (χ4n) is 4.15. The van der Waals surface area contributed by atoms with Crippen LogP contribution in [0.25, 0.3) is 0 Å². The molecular weight excluding hydrogens is 414 g/mol. The molecule has 0 amide bonds.